The van der Waals surface area contributed by atoms with Crippen LogP contribution in [0.15, 0.2) is 28.6 Å². The zero-order valence-corrected chi connectivity index (χ0v) is 17.1. The van der Waals surface area contributed by atoms with Gasteiger partial charge in [0.25, 0.3) is 0 Å². The largest absolute Gasteiger partial charge is 0.434 e. The molecule has 1 aliphatic rings. The van der Waals surface area contributed by atoms with Crippen molar-refractivity contribution < 1.29 is 13.2 Å². The summed E-state index contributed by atoms with van der Waals surface area (Å²) in [5.41, 5.74) is 8.65. The zero-order valence-electron chi connectivity index (χ0n) is 14.0. The number of thiazole rings is 1. The monoisotopic (exact) mass is 496 g/mol. The molecule has 1 heterocycles. The minimum Gasteiger partial charge on any atom is -0.370 e. The van der Waals surface area contributed by atoms with Crippen LogP contribution in [0.25, 0.3) is 0 Å². The number of fused-ring (bicyclic) bond motifs is 1. The standard InChI is InChI=1S/C17H19F3N4S.HI/c18-17(19,20)14-10-25-15(24-14)8-9-22-16(21)23-13-7-3-5-11-4-1-2-6-12(11)13;/h3,5,7,10H,1-2,4,6,8-9H2,(H3,21,22,23);1H. The van der Waals surface area contributed by atoms with Crippen molar-refractivity contribution in [2.24, 2.45) is 10.7 Å². The van der Waals surface area contributed by atoms with Crippen molar-refractivity contribution in [2.45, 2.75) is 38.3 Å². The molecule has 4 nitrogen and oxygen atoms in total. The molecule has 0 saturated carbocycles. The number of aromatic nitrogens is 1. The molecule has 26 heavy (non-hydrogen) atoms. The van der Waals surface area contributed by atoms with Gasteiger partial charge in [-0.3, -0.25) is 4.99 Å². The van der Waals surface area contributed by atoms with E-state index in [0.717, 1.165) is 41.7 Å². The van der Waals surface area contributed by atoms with Crippen LogP contribution in [-0.4, -0.2) is 17.5 Å². The lowest BCUT2D eigenvalue weighted by Gasteiger charge is -2.19. The number of anilines is 1. The lowest BCUT2D eigenvalue weighted by molar-refractivity contribution is -0.140. The van der Waals surface area contributed by atoms with Gasteiger partial charge >= 0.3 is 6.18 Å². The Bertz CT molecular complexity index is 774. The second kappa shape index (κ2) is 9.03. The summed E-state index contributed by atoms with van der Waals surface area (Å²) in [6, 6.07) is 6.10. The Kier molecular flexibility index (Phi) is 7.27. The van der Waals surface area contributed by atoms with Crippen LogP contribution in [0, 0.1) is 0 Å². The highest BCUT2D eigenvalue weighted by Crippen LogP contribution is 2.30. The van der Waals surface area contributed by atoms with Crippen molar-refractivity contribution in [1.29, 1.82) is 0 Å². The van der Waals surface area contributed by atoms with Gasteiger partial charge in [0.2, 0.25) is 0 Å². The zero-order chi connectivity index (χ0) is 17.9. The quantitative estimate of drug-likeness (QED) is 0.369. The highest BCUT2D eigenvalue weighted by Gasteiger charge is 2.33. The second-order valence-electron chi connectivity index (χ2n) is 5.92. The number of benzene rings is 1. The van der Waals surface area contributed by atoms with Crippen LogP contribution < -0.4 is 11.1 Å². The van der Waals surface area contributed by atoms with Gasteiger partial charge in [0.15, 0.2) is 11.7 Å². The minimum absolute atomic E-state index is 0. The lowest BCUT2D eigenvalue weighted by Crippen LogP contribution is -2.24. The van der Waals surface area contributed by atoms with Gasteiger partial charge < -0.3 is 11.1 Å². The number of halogens is 4. The molecule has 142 valence electrons. The van der Waals surface area contributed by atoms with E-state index in [9.17, 15) is 13.2 Å². The van der Waals surface area contributed by atoms with E-state index in [4.69, 9.17) is 5.73 Å². The molecule has 0 amide bonds. The summed E-state index contributed by atoms with van der Waals surface area (Å²) in [5, 5.41) is 4.54. The van der Waals surface area contributed by atoms with Crippen LogP contribution in [0.4, 0.5) is 18.9 Å². The minimum atomic E-state index is -4.40. The fourth-order valence-corrected chi connectivity index (χ4v) is 3.70. The van der Waals surface area contributed by atoms with Crippen LogP contribution >= 0.6 is 35.3 Å². The van der Waals surface area contributed by atoms with Crippen molar-refractivity contribution in [3.05, 3.63) is 45.4 Å². The van der Waals surface area contributed by atoms with Crippen LogP contribution in [0.1, 0.15) is 34.7 Å². The molecule has 0 aliphatic heterocycles. The third-order valence-electron chi connectivity index (χ3n) is 4.11. The Morgan fingerprint density at radius 2 is 2.04 bits per heavy atom. The topological polar surface area (TPSA) is 63.3 Å². The SMILES string of the molecule is I.NC(=NCCc1nc(C(F)(F)F)cs1)Nc1cccc2c1CCCC2. The summed E-state index contributed by atoms with van der Waals surface area (Å²) < 4.78 is 37.6. The molecule has 2 aromatic rings. The van der Waals surface area contributed by atoms with E-state index in [1.807, 2.05) is 12.1 Å². The van der Waals surface area contributed by atoms with Gasteiger partial charge in [0.05, 0.1) is 5.01 Å². The molecular formula is C17H20F3IN4S. The molecule has 9 heteroatoms. The van der Waals surface area contributed by atoms with Gasteiger partial charge in [0, 0.05) is 24.0 Å². The van der Waals surface area contributed by atoms with Gasteiger partial charge in [0.1, 0.15) is 0 Å². The van der Waals surface area contributed by atoms with E-state index in [1.165, 1.54) is 17.5 Å². The smallest absolute Gasteiger partial charge is 0.370 e. The molecule has 0 radical (unpaired) electrons. The van der Waals surface area contributed by atoms with E-state index in [2.05, 4.69) is 21.4 Å². The number of nitrogens with one attached hydrogen (secondary N) is 1. The molecule has 0 bridgehead atoms. The van der Waals surface area contributed by atoms with E-state index < -0.39 is 11.9 Å². The number of aliphatic imine (C=N–C) groups is 1. The molecule has 1 aliphatic carbocycles. The Morgan fingerprint density at radius 3 is 2.77 bits per heavy atom. The molecule has 3 N–H and O–H groups in total. The third kappa shape index (κ3) is 5.32. The number of nitrogens with zero attached hydrogens (tertiary/aromatic N) is 2. The molecule has 1 aromatic heterocycles. The van der Waals surface area contributed by atoms with Crippen molar-refractivity contribution in [3.63, 3.8) is 0 Å². The number of nitrogens with two attached hydrogens (primary N) is 1. The average Bonchev–Trinajstić information content (AvgIpc) is 3.04. The molecule has 1 aromatic carbocycles. The summed E-state index contributed by atoms with van der Waals surface area (Å²) >= 11 is 0.989. The number of hydrogen-bond donors (Lipinski definition) is 2. The van der Waals surface area contributed by atoms with Crippen molar-refractivity contribution >= 4 is 47.0 Å². The van der Waals surface area contributed by atoms with E-state index in [1.54, 1.807) is 0 Å². The maximum Gasteiger partial charge on any atom is 0.434 e. The molecule has 0 saturated heterocycles. The molecule has 0 spiro atoms. The Balaban J connectivity index is 0.00000243. The first kappa shape index (κ1) is 20.9. The Hall–Kier alpha value is -1.36. The number of aryl methyl sites for hydroxylation is 1. The normalized spacial score (nSPS) is 14.5. The molecular weight excluding hydrogens is 476 g/mol. The lowest BCUT2D eigenvalue weighted by atomic mass is 9.90. The van der Waals surface area contributed by atoms with Crippen LogP contribution in [0.2, 0.25) is 0 Å². The summed E-state index contributed by atoms with van der Waals surface area (Å²) in [4.78, 5) is 7.79. The number of guanidine groups is 1. The summed E-state index contributed by atoms with van der Waals surface area (Å²) in [5.74, 6) is 0.270. The predicted octanol–water partition coefficient (Wildman–Crippen LogP) is 4.63. The number of alkyl halides is 3. The average molecular weight is 496 g/mol. The highest BCUT2D eigenvalue weighted by molar-refractivity contribution is 14.0. The van der Waals surface area contributed by atoms with Crippen molar-refractivity contribution in [3.8, 4) is 0 Å². The Labute approximate surface area is 171 Å². The van der Waals surface area contributed by atoms with Crippen LogP contribution in [0.3, 0.4) is 0 Å². The second-order valence-corrected chi connectivity index (χ2v) is 6.86. The van der Waals surface area contributed by atoms with Gasteiger partial charge in [-0.1, -0.05) is 12.1 Å². The van der Waals surface area contributed by atoms with E-state index in [-0.39, 0.29) is 29.9 Å². The fourth-order valence-electron chi connectivity index (χ4n) is 2.90. The van der Waals surface area contributed by atoms with Crippen LogP contribution in [-0.2, 0) is 25.4 Å². The summed E-state index contributed by atoms with van der Waals surface area (Å²) in [6.07, 6.45) is 0.391. The number of rotatable bonds is 4. The number of hydrogen-bond acceptors (Lipinski definition) is 3. The molecule has 0 unspecified atom stereocenters. The molecule has 0 atom stereocenters. The molecule has 3 rings (SSSR count). The summed E-state index contributed by atoms with van der Waals surface area (Å²) in [6.45, 7) is 0.290. The van der Waals surface area contributed by atoms with Gasteiger partial charge in [-0.2, -0.15) is 13.2 Å². The van der Waals surface area contributed by atoms with Gasteiger partial charge in [-0.25, -0.2) is 4.98 Å². The predicted molar refractivity (Wildman–Crippen MR) is 109 cm³/mol. The van der Waals surface area contributed by atoms with Crippen molar-refractivity contribution in [1.82, 2.24) is 4.98 Å². The van der Waals surface area contributed by atoms with Gasteiger partial charge in [-0.05, 0) is 42.9 Å². The summed E-state index contributed by atoms with van der Waals surface area (Å²) in [7, 11) is 0. The fraction of sp³-hybridized carbons (Fsp3) is 0.412. The first-order chi connectivity index (χ1) is 11.9. The first-order valence-corrected chi connectivity index (χ1v) is 9.01. The highest BCUT2D eigenvalue weighted by atomic mass is 127. The first-order valence-electron chi connectivity index (χ1n) is 8.13. The van der Waals surface area contributed by atoms with Gasteiger partial charge in [-0.15, -0.1) is 35.3 Å². The third-order valence-corrected chi connectivity index (χ3v) is 5.02. The maximum atomic E-state index is 12.5. The van der Waals surface area contributed by atoms with E-state index in [0.29, 0.717) is 18.0 Å². The molecule has 0 fully saturated rings. The van der Waals surface area contributed by atoms with E-state index >= 15 is 0 Å². The van der Waals surface area contributed by atoms with Crippen molar-refractivity contribution in [2.75, 3.05) is 11.9 Å². The van der Waals surface area contributed by atoms with Crippen LogP contribution in [0.5, 0.6) is 0 Å². The maximum absolute atomic E-state index is 12.5. The Morgan fingerprint density at radius 1 is 1.27 bits per heavy atom.